The predicted octanol–water partition coefficient (Wildman–Crippen LogP) is 5.88. The molecule has 0 saturated heterocycles. The Morgan fingerprint density at radius 1 is 1.00 bits per heavy atom. The molecule has 7 heteroatoms. The fourth-order valence-electron chi connectivity index (χ4n) is 3.23. The van der Waals surface area contributed by atoms with Gasteiger partial charge in [-0.2, -0.15) is 0 Å². The third kappa shape index (κ3) is 4.81. The standard InChI is InChI=1S/C22H19ClNO4P/c1-29(28,20-5-3-2-4-6-20)22(17-9-13-19(14-10-17)24(26)27)15-21(25)16-7-11-18(23)12-8-16/h2-14,22H,15H2,1H3/t22-,29?/m0/s1. The number of hydrogen-bond donors (Lipinski definition) is 0. The minimum Gasteiger partial charge on any atom is -0.318 e. The summed E-state index contributed by atoms with van der Waals surface area (Å²) in [5.74, 6) is -0.164. The van der Waals surface area contributed by atoms with Crippen molar-refractivity contribution in [3.63, 3.8) is 0 Å². The number of carbonyl (C=O) groups excluding carboxylic acids is 1. The van der Waals surface area contributed by atoms with E-state index in [2.05, 4.69) is 0 Å². The molecule has 148 valence electrons. The molecule has 0 fully saturated rings. The number of nitro benzene ring substituents is 1. The van der Waals surface area contributed by atoms with Gasteiger partial charge in [-0.15, -0.1) is 0 Å². The summed E-state index contributed by atoms with van der Waals surface area (Å²) in [6.45, 7) is 1.66. The number of benzene rings is 3. The number of carbonyl (C=O) groups is 1. The van der Waals surface area contributed by atoms with Crippen LogP contribution in [0.5, 0.6) is 0 Å². The number of non-ortho nitro benzene ring substituents is 1. The van der Waals surface area contributed by atoms with Gasteiger partial charge in [-0.05, 0) is 36.5 Å². The molecule has 0 saturated carbocycles. The van der Waals surface area contributed by atoms with Gasteiger partial charge in [0.2, 0.25) is 0 Å². The molecule has 29 heavy (non-hydrogen) atoms. The quantitative estimate of drug-likeness (QED) is 0.204. The maximum Gasteiger partial charge on any atom is 0.269 e. The maximum atomic E-state index is 13.8. The second-order valence-corrected chi connectivity index (χ2v) is 10.4. The van der Waals surface area contributed by atoms with Crippen molar-refractivity contribution in [2.45, 2.75) is 12.1 Å². The second-order valence-electron chi connectivity index (χ2n) is 6.82. The molecule has 0 amide bonds. The third-order valence-electron chi connectivity index (χ3n) is 4.90. The van der Waals surface area contributed by atoms with E-state index in [0.29, 0.717) is 21.5 Å². The highest BCUT2D eigenvalue weighted by molar-refractivity contribution is 7.71. The first-order valence-corrected chi connectivity index (χ1v) is 11.5. The lowest BCUT2D eigenvalue weighted by Gasteiger charge is -2.25. The summed E-state index contributed by atoms with van der Waals surface area (Å²) in [6, 6.07) is 21.5. The van der Waals surface area contributed by atoms with Crippen LogP contribution >= 0.6 is 18.7 Å². The van der Waals surface area contributed by atoms with E-state index in [1.165, 1.54) is 12.1 Å². The molecule has 0 N–H and O–H groups in total. The Morgan fingerprint density at radius 3 is 2.14 bits per heavy atom. The molecule has 1 unspecified atom stereocenters. The van der Waals surface area contributed by atoms with Crippen molar-refractivity contribution < 1.29 is 14.3 Å². The summed E-state index contributed by atoms with van der Waals surface area (Å²) in [7, 11) is -3.02. The molecule has 3 aromatic rings. The van der Waals surface area contributed by atoms with Gasteiger partial charge < -0.3 is 4.57 Å². The predicted molar refractivity (Wildman–Crippen MR) is 116 cm³/mol. The van der Waals surface area contributed by atoms with E-state index in [9.17, 15) is 19.5 Å². The molecule has 0 aromatic heterocycles. The number of rotatable bonds is 7. The molecule has 0 spiro atoms. The average Bonchev–Trinajstić information content (AvgIpc) is 2.73. The fraction of sp³-hybridized carbons (Fsp3) is 0.136. The average molecular weight is 428 g/mol. The molecule has 0 heterocycles. The van der Waals surface area contributed by atoms with Crippen LogP contribution in [-0.2, 0) is 4.57 Å². The Morgan fingerprint density at radius 2 is 1.59 bits per heavy atom. The number of ketones is 1. The Kier molecular flexibility index (Phi) is 6.31. The lowest BCUT2D eigenvalue weighted by molar-refractivity contribution is -0.384. The first-order chi connectivity index (χ1) is 13.8. The molecule has 0 aliphatic rings. The zero-order chi connectivity index (χ0) is 21.0. The van der Waals surface area contributed by atoms with E-state index >= 15 is 0 Å². The lowest BCUT2D eigenvalue weighted by Crippen LogP contribution is -2.15. The first kappa shape index (κ1) is 21.0. The molecule has 3 aromatic carbocycles. The molecule has 3 rings (SSSR count). The van der Waals surface area contributed by atoms with Crippen molar-refractivity contribution in [1.29, 1.82) is 0 Å². The summed E-state index contributed by atoms with van der Waals surface area (Å²) in [5, 5.41) is 12.2. The van der Waals surface area contributed by atoms with Gasteiger partial charge in [-0.1, -0.05) is 54.1 Å². The van der Waals surface area contributed by atoms with E-state index in [1.807, 2.05) is 6.07 Å². The summed E-state index contributed by atoms with van der Waals surface area (Å²) in [6.07, 6.45) is 0.0160. The molecular formula is C22H19ClNO4P. The fourth-order valence-corrected chi connectivity index (χ4v) is 5.73. The van der Waals surface area contributed by atoms with Gasteiger partial charge >= 0.3 is 0 Å². The molecule has 5 nitrogen and oxygen atoms in total. The minimum absolute atomic E-state index is 0.0160. The van der Waals surface area contributed by atoms with Crippen LogP contribution in [0.2, 0.25) is 5.02 Å². The Hall–Kier alpha value is -2.75. The summed E-state index contributed by atoms with van der Waals surface area (Å²) in [5.41, 5.74) is 0.457. The van der Waals surface area contributed by atoms with Crippen LogP contribution < -0.4 is 5.30 Å². The zero-order valence-electron chi connectivity index (χ0n) is 15.7. The van der Waals surface area contributed by atoms with Gasteiger partial charge in [0.25, 0.3) is 5.69 Å². The highest BCUT2D eigenvalue weighted by atomic mass is 35.5. The number of hydrogen-bond acceptors (Lipinski definition) is 4. The molecule has 2 atom stereocenters. The molecule has 0 radical (unpaired) electrons. The van der Waals surface area contributed by atoms with Crippen LogP contribution in [-0.4, -0.2) is 17.4 Å². The van der Waals surface area contributed by atoms with Crippen LogP contribution in [0.1, 0.15) is 28.0 Å². The smallest absolute Gasteiger partial charge is 0.269 e. The monoisotopic (exact) mass is 427 g/mol. The van der Waals surface area contributed by atoms with Crippen molar-refractivity contribution in [2.24, 2.45) is 0 Å². The van der Waals surface area contributed by atoms with Crippen LogP contribution in [0.3, 0.4) is 0 Å². The number of halogens is 1. The summed E-state index contributed by atoms with van der Waals surface area (Å²) >= 11 is 5.90. The van der Waals surface area contributed by atoms with E-state index in [4.69, 9.17) is 11.6 Å². The van der Waals surface area contributed by atoms with Crippen molar-refractivity contribution in [2.75, 3.05) is 6.66 Å². The van der Waals surface area contributed by atoms with Crippen LogP contribution in [0.25, 0.3) is 0 Å². The van der Waals surface area contributed by atoms with Crippen molar-refractivity contribution in [1.82, 2.24) is 0 Å². The van der Waals surface area contributed by atoms with Gasteiger partial charge in [-0.25, -0.2) is 0 Å². The van der Waals surface area contributed by atoms with E-state index in [1.54, 1.807) is 67.3 Å². The number of Topliss-reactive ketones (excluding diaryl/α,β-unsaturated/α-hetero) is 1. The maximum absolute atomic E-state index is 13.8. The van der Waals surface area contributed by atoms with Crippen molar-refractivity contribution in [3.05, 3.63) is 105 Å². The molecule has 0 aliphatic carbocycles. The van der Waals surface area contributed by atoms with Gasteiger partial charge in [0.1, 0.15) is 7.14 Å². The van der Waals surface area contributed by atoms with Gasteiger partial charge in [0, 0.05) is 40.1 Å². The van der Waals surface area contributed by atoms with Gasteiger partial charge in [0.15, 0.2) is 5.78 Å². The SMILES string of the molecule is CP(=O)(c1ccccc1)[C@@H](CC(=O)c1ccc(Cl)cc1)c1ccc([N+](=O)[O-])cc1. The topological polar surface area (TPSA) is 77.3 Å². The Bertz CT molecular complexity index is 1070. The molecule has 0 aliphatic heterocycles. The van der Waals surface area contributed by atoms with E-state index < -0.39 is 17.7 Å². The van der Waals surface area contributed by atoms with Crippen molar-refractivity contribution in [3.8, 4) is 0 Å². The molecule has 0 bridgehead atoms. The lowest BCUT2D eigenvalue weighted by atomic mass is 10.0. The summed E-state index contributed by atoms with van der Waals surface area (Å²) in [4.78, 5) is 23.4. The largest absolute Gasteiger partial charge is 0.318 e. The van der Waals surface area contributed by atoms with Crippen LogP contribution in [0, 0.1) is 10.1 Å². The minimum atomic E-state index is -3.02. The highest BCUT2D eigenvalue weighted by Gasteiger charge is 2.33. The van der Waals surface area contributed by atoms with Gasteiger partial charge in [-0.3, -0.25) is 14.9 Å². The van der Waals surface area contributed by atoms with E-state index in [0.717, 1.165) is 0 Å². The van der Waals surface area contributed by atoms with E-state index in [-0.39, 0.29) is 17.9 Å². The third-order valence-corrected chi connectivity index (χ3v) is 8.14. The highest BCUT2D eigenvalue weighted by Crippen LogP contribution is 2.57. The second kappa shape index (κ2) is 8.73. The summed E-state index contributed by atoms with van der Waals surface area (Å²) < 4.78 is 13.8. The zero-order valence-corrected chi connectivity index (χ0v) is 17.3. The normalized spacial score (nSPS) is 14.0. The number of nitro groups is 1. The Balaban J connectivity index is 2.01. The number of nitrogens with zero attached hydrogens (tertiary/aromatic N) is 1. The van der Waals surface area contributed by atoms with Crippen LogP contribution in [0.15, 0.2) is 78.9 Å². The van der Waals surface area contributed by atoms with Crippen molar-refractivity contribution >= 4 is 35.5 Å². The first-order valence-electron chi connectivity index (χ1n) is 8.95. The van der Waals surface area contributed by atoms with Gasteiger partial charge in [0.05, 0.1) is 4.92 Å². The molecular weight excluding hydrogens is 409 g/mol. The van der Waals surface area contributed by atoms with Crippen LogP contribution in [0.4, 0.5) is 5.69 Å². The Labute approximate surface area is 173 Å².